The van der Waals surface area contributed by atoms with Gasteiger partial charge in [0.1, 0.15) is 0 Å². The van der Waals surface area contributed by atoms with Gasteiger partial charge in [-0.15, -0.1) is 0 Å². The van der Waals surface area contributed by atoms with Gasteiger partial charge in [-0.05, 0) is 64.8 Å². The van der Waals surface area contributed by atoms with Gasteiger partial charge in [0.2, 0.25) is 0 Å². The largest absolute Gasteiger partial charge is 0.0654 e. The highest BCUT2D eigenvalue weighted by Gasteiger charge is 2.44. The minimum absolute atomic E-state index is 0.156. The summed E-state index contributed by atoms with van der Waals surface area (Å²) in [6.45, 7) is 23.2. The second-order valence-electron chi connectivity index (χ2n) is 11.6. The van der Waals surface area contributed by atoms with Crippen LogP contribution in [0.1, 0.15) is 123 Å². The van der Waals surface area contributed by atoms with E-state index in [2.05, 4.69) is 106 Å². The average Bonchev–Trinajstić information content (AvgIpc) is 3.01. The summed E-state index contributed by atoms with van der Waals surface area (Å²) in [6, 6.07) is 14.5. The van der Waals surface area contributed by atoms with E-state index in [-0.39, 0.29) is 10.8 Å². The van der Waals surface area contributed by atoms with Crippen molar-refractivity contribution in [1.82, 2.24) is 0 Å². The number of hydrogen-bond donors (Lipinski definition) is 0. The van der Waals surface area contributed by atoms with Crippen molar-refractivity contribution < 1.29 is 0 Å². The van der Waals surface area contributed by atoms with Gasteiger partial charge in [-0.25, -0.2) is 0 Å². The van der Waals surface area contributed by atoms with Gasteiger partial charge < -0.3 is 0 Å². The van der Waals surface area contributed by atoms with E-state index >= 15 is 0 Å². The zero-order valence-electron chi connectivity index (χ0n) is 22.9. The molecule has 2 aromatic rings. The van der Waals surface area contributed by atoms with E-state index in [4.69, 9.17) is 0 Å². The molecule has 0 heteroatoms. The lowest BCUT2D eigenvalue weighted by molar-refractivity contribution is 0.308. The summed E-state index contributed by atoms with van der Waals surface area (Å²) in [5, 5.41) is 0. The molecule has 0 N–H and O–H groups in total. The average molecular weight is 435 g/mol. The monoisotopic (exact) mass is 434 g/mol. The summed E-state index contributed by atoms with van der Waals surface area (Å²) in [7, 11) is 0. The minimum Gasteiger partial charge on any atom is -0.0654 e. The fraction of sp³-hybridized carbons (Fsp3) is 0.625. The number of aryl methyl sites for hydroxylation is 1. The SMILES string of the molecule is CCC(C)CC1(CC(C)CC)c2cc(C)ccc2-c2ccc(C(C)(C)C)cc21.CCCC. The van der Waals surface area contributed by atoms with Crippen LogP contribution in [0.3, 0.4) is 0 Å². The number of benzene rings is 2. The van der Waals surface area contributed by atoms with E-state index in [1.807, 2.05) is 0 Å². The maximum absolute atomic E-state index is 2.56. The van der Waals surface area contributed by atoms with Gasteiger partial charge in [-0.1, -0.05) is 130 Å². The molecule has 0 saturated carbocycles. The van der Waals surface area contributed by atoms with Gasteiger partial charge in [0, 0.05) is 5.41 Å². The number of fused-ring (bicyclic) bond motifs is 3. The Bertz CT molecular complexity index is 850. The van der Waals surface area contributed by atoms with Crippen LogP contribution in [0.15, 0.2) is 36.4 Å². The summed E-state index contributed by atoms with van der Waals surface area (Å²) in [5.74, 6) is 1.45. The van der Waals surface area contributed by atoms with Crippen LogP contribution in [-0.2, 0) is 10.8 Å². The highest BCUT2D eigenvalue weighted by atomic mass is 14.5. The summed E-state index contributed by atoms with van der Waals surface area (Å²) < 4.78 is 0. The van der Waals surface area contributed by atoms with Crippen molar-refractivity contribution in [1.29, 1.82) is 0 Å². The molecule has 0 bridgehead atoms. The Morgan fingerprint density at radius 2 is 1.19 bits per heavy atom. The maximum Gasteiger partial charge on any atom is 0.0220 e. The quantitative estimate of drug-likeness (QED) is 0.406. The third kappa shape index (κ3) is 5.67. The molecule has 0 heterocycles. The van der Waals surface area contributed by atoms with E-state index in [0.29, 0.717) is 0 Å². The van der Waals surface area contributed by atoms with Gasteiger partial charge in [0.05, 0.1) is 0 Å². The molecule has 0 aliphatic heterocycles. The van der Waals surface area contributed by atoms with Crippen LogP contribution < -0.4 is 0 Å². The summed E-state index contributed by atoms with van der Waals surface area (Å²) in [4.78, 5) is 0. The first-order valence-corrected chi connectivity index (χ1v) is 13.3. The number of hydrogen-bond acceptors (Lipinski definition) is 0. The second-order valence-corrected chi connectivity index (χ2v) is 11.6. The van der Waals surface area contributed by atoms with Crippen molar-refractivity contribution >= 4 is 0 Å². The van der Waals surface area contributed by atoms with Crippen molar-refractivity contribution in [2.45, 2.75) is 119 Å². The topological polar surface area (TPSA) is 0 Å². The zero-order valence-corrected chi connectivity index (χ0v) is 22.9. The van der Waals surface area contributed by atoms with E-state index < -0.39 is 0 Å². The summed E-state index contributed by atoms with van der Waals surface area (Å²) in [6.07, 6.45) is 7.64. The molecule has 1 aliphatic carbocycles. The Morgan fingerprint density at radius 1 is 0.719 bits per heavy atom. The molecule has 1 aliphatic rings. The van der Waals surface area contributed by atoms with Gasteiger partial charge in [-0.3, -0.25) is 0 Å². The van der Waals surface area contributed by atoms with E-state index in [9.17, 15) is 0 Å². The number of unbranched alkanes of at least 4 members (excludes halogenated alkanes) is 1. The van der Waals surface area contributed by atoms with Crippen LogP contribution in [0.4, 0.5) is 0 Å². The predicted octanol–water partition coefficient (Wildman–Crippen LogP) is 10.2. The van der Waals surface area contributed by atoms with Crippen molar-refractivity contribution in [3.05, 3.63) is 58.7 Å². The third-order valence-corrected chi connectivity index (χ3v) is 7.67. The molecule has 0 aromatic heterocycles. The Morgan fingerprint density at radius 3 is 1.62 bits per heavy atom. The lowest BCUT2D eigenvalue weighted by atomic mass is 9.66. The molecule has 0 saturated heterocycles. The molecule has 32 heavy (non-hydrogen) atoms. The van der Waals surface area contributed by atoms with Crippen LogP contribution in [-0.4, -0.2) is 0 Å². The van der Waals surface area contributed by atoms with Crippen LogP contribution in [0, 0.1) is 18.8 Å². The van der Waals surface area contributed by atoms with Crippen LogP contribution in [0.5, 0.6) is 0 Å². The van der Waals surface area contributed by atoms with Crippen molar-refractivity contribution in [3.8, 4) is 11.1 Å². The molecule has 0 nitrogen and oxygen atoms in total. The maximum atomic E-state index is 2.56. The second kappa shape index (κ2) is 11.0. The van der Waals surface area contributed by atoms with Crippen molar-refractivity contribution in [3.63, 3.8) is 0 Å². The lowest BCUT2D eigenvalue weighted by Crippen LogP contribution is -2.30. The van der Waals surface area contributed by atoms with E-state index in [1.165, 1.54) is 60.8 Å². The number of rotatable bonds is 7. The fourth-order valence-corrected chi connectivity index (χ4v) is 5.08. The fourth-order valence-electron chi connectivity index (χ4n) is 5.08. The molecule has 178 valence electrons. The molecule has 0 amide bonds. The molecule has 2 atom stereocenters. The van der Waals surface area contributed by atoms with Gasteiger partial charge in [0.25, 0.3) is 0 Å². The first kappa shape index (κ1) is 26.7. The van der Waals surface area contributed by atoms with Crippen LogP contribution in [0.2, 0.25) is 0 Å². The minimum atomic E-state index is 0.156. The Kier molecular flexibility index (Phi) is 9.21. The zero-order chi connectivity index (χ0) is 24.1. The van der Waals surface area contributed by atoms with E-state index in [0.717, 1.165) is 11.8 Å². The summed E-state index contributed by atoms with van der Waals surface area (Å²) >= 11 is 0. The molecule has 2 unspecified atom stereocenters. The summed E-state index contributed by atoms with van der Waals surface area (Å²) in [5.41, 5.74) is 9.34. The molecular weight excluding hydrogens is 384 g/mol. The highest BCUT2D eigenvalue weighted by Crippen LogP contribution is 2.56. The highest BCUT2D eigenvalue weighted by molar-refractivity contribution is 5.82. The molecular formula is C32H50. The molecule has 2 aromatic carbocycles. The van der Waals surface area contributed by atoms with Gasteiger partial charge in [-0.2, -0.15) is 0 Å². The smallest absolute Gasteiger partial charge is 0.0220 e. The molecule has 0 fully saturated rings. The van der Waals surface area contributed by atoms with Crippen LogP contribution in [0.25, 0.3) is 11.1 Å². The van der Waals surface area contributed by atoms with Crippen molar-refractivity contribution in [2.75, 3.05) is 0 Å². The molecule has 0 spiro atoms. The Hall–Kier alpha value is -1.56. The molecule has 3 rings (SSSR count). The first-order valence-electron chi connectivity index (χ1n) is 13.3. The third-order valence-electron chi connectivity index (χ3n) is 7.67. The van der Waals surface area contributed by atoms with Crippen molar-refractivity contribution in [2.24, 2.45) is 11.8 Å². The van der Waals surface area contributed by atoms with Crippen LogP contribution >= 0.6 is 0 Å². The Labute approximate surface area is 200 Å². The standard InChI is InChI=1S/C28H40.C4H10/c1-9-19(3)17-28(18-20(4)10-2)25-15-21(5)11-13-23(25)24-14-12-22(16-26(24)28)27(6,7)8;1-3-4-2/h11-16,19-20H,9-10,17-18H2,1-8H3;3-4H2,1-2H3. The normalized spacial score (nSPS) is 18.9. The van der Waals surface area contributed by atoms with Gasteiger partial charge >= 0.3 is 0 Å². The predicted molar refractivity (Wildman–Crippen MR) is 145 cm³/mol. The van der Waals surface area contributed by atoms with E-state index in [1.54, 1.807) is 11.1 Å². The molecule has 0 radical (unpaired) electrons. The lowest BCUT2D eigenvalue weighted by Gasteiger charge is -2.37. The van der Waals surface area contributed by atoms with Gasteiger partial charge in [0.15, 0.2) is 0 Å². The first-order chi connectivity index (χ1) is 15.0. The Balaban J connectivity index is 0.000000837.